The lowest BCUT2D eigenvalue weighted by Crippen LogP contribution is -2.51. The first-order valence-corrected chi connectivity index (χ1v) is 9.88. The highest BCUT2D eigenvalue weighted by Crippen LogP contribution is 2.22. The van der Waals surface area contributed by atoms with Crippen molar-refractivity contribution in [3.05, 3.63) is 41.4 Å². The van der Waals surface area contributed by atoms with Gasteiger partial charge in [0.15, 0.2) is 11.1 Å². The Bertz CT molecular complexity index is 699. The van der Waals surface area contributed by atoms with E-state index in [4.69, 9.17) is 10.5 Å². The topological polar surface area (TPSA) is 67.0 Å². The fraction of sp³-hybridized carbons (Fsp3) is 0.474. The lowest BCUT2D eigenvalue weighted by molar-refractivity contribution is 0.380. The molecule has 2 N–H and O–H groups in total. The van der Waals surface area contributed by atoms with Crippen LogP contribution in [0.3, 0.4) is 0 Å². The minimum Gasteiger partial charge on any atom is -0.497 e. The smallest absolute Gasteiger partial charge is 0.191 e. The summed E-state index contributed by atoms with van der Waals surface area (Å²) in [6.07, 6.45) is 2.83. The molecule has 2 aromatic rings. The molecule has 0 amide bonds. The molecule has 1 atom stereocenters. The van der Waals surface area contributed by atoms with E-state index in [0.717, 1.165) is 50.0 Å². The van der Waals surface area contributed by atoms with Crippen LogP contribution in [-0.4, -0.2) is 55.7 Å². The van der Waals surface area contributed by atoms with Gasteiger partial charge >= 0.3 is 0 Å². The molecular weight excluding hydrogens is 473 g/mol. The van der Waals surface area contributed by atoms with E-state index in [1.54, 1.807) is 18.4 Å². The van der Waals surface area contributed by atoms with Gasteiger partial charge in [-0.25, -0.2) is 4.98 Å². The second-order valence-electron chi connectivity index (χ2n) is 6.49. The fourth-order valence-corrected chi connectivity index (χ4v) is 3.77. The van der Waals surface area contributed by atoms with E-state index < -0.39 is 0 Å². The van der Waals surface area contributed by atoms with E-state index >= 15 is 0 Å². The number of nitrogens with two attached hydrogens (primary N) is 1. The predicted molar refractivity (Wildman–Crippen MR) is 124 cm³/mol. The van der Waals surface area contributed by atoms with Crippen LogP contribution in [0.25, 0.3) is 0 Å². The van der Waals surface area contributed by atoms with Crippen LogP contribution >= 0.6 is 35.3 Å². The van der Waals surface area contributed by atoms with Crippen LogP contribution < -0.4 is 15.4 Å². The maximum absolute atomic E-state index is 6.20. The SMILES string of the molecule is COc1ccc(C(C)CCN=C(N)N2CCN(c3nccs3)CC2)cc1.I. The molecule has 27 heavy (non-hydrogen) atoms. The summed E-state index contributed by atoms with van der Waals surface area (Å²) in [6, 6.07) is 8.25. The Kier molecular flexibility index (Phi) is 8.62. The Hall–Kier alpha value is -1.55. The maximum Gasteiger partial charge on any atom is 0.191 e. The Morgan fingerprint density at radius 3 is 2.56 bits per heavy atom. The van der Waals surface area contributed by atoms with Crippen molar-refractivity contribution in [3.8, 4) is 5.75 Å². The van der Waals surface area contributed by atoms with Gasteiger partial charge in [0.25, 0.3) is 0 Å². The van der Waals surface area contributed by atoms with Crippen LogP contribution in [-0.2, 0) is 0 Å². The third kappa shape index (κ3) is 5.97. The van der Waals surface area contributed by atoms with Crippen LogP contribution in [0, 0.1) is 0 Å². The summed E-state index contributed by atoms with van der Waals surface area (Å²) in [5.74, 6) is 1.99. The van der Waals surface area contributed by atoms with Crippen LogP contribution in [0.4, 0.5) is 5.13 Å². The molecule has 3 rings (SSSR count). The number of ether oxygens (including phenoxy) is 1. The Labute approximate surface area is 182 Å². The van der Waals surface area contributed by atoms with E-state index in [9.17, 15) is 0 Å². The summed E-state index contributed by atoms with van der Waals surface area (Å²) >= 11 is 1.68. The van der Waals surface area contributed by atoms with Gasteiger partial charge in [-0.3, -0.25) is 4.99 Å². The van der Waals surface area contributed by atoms with E-state index in [1.807, 2.05) is 23.7 Å². The van der Waals surface area contributed by atoms with Crippen LogP contribution in [0.15, 0.2) is 40.8 Å². The molecule has 6 nitrogen and oxygen atoms in total. The molecule has 1 saturated heterocycles. The second-order valence-corrected chi connectivity index (χ2v) is 7.36. The highest BCUT2D eigenvalue weighted by molar-refractivity contribution is 14.0. The summed E-state index contributed by atoms with van der Waals surface area (Å²) in [6.45, 7) is 6.62. The number of anilines is 1. The van der Waals surface area contributed by atoms with Crippen molar-refractivity contribution in [2.45, 2.75) is 19.3 Å². The van der Waals surface area contributed by atoms with Crippen molar-refractivity contribution in [3.63, 3.8) is 0 Å². The van der Waals surface area contributed by atoms with Gasteiger partial charge in [-0.1, -0.05) is 19.1 Å². The van der Waals surface area contributed by atoms with Gasteiger partial charge < -0.3 is 20.3 Å². The fourth-order valence-electron chi connectivity index (χ4n) is 3.07. The quantitative estimate of drug-likeness (QED) is 0.374. The molecule has 0 aliphatic carbocycles. The molecule has 1 aliphatic heterocycles. The highest BCUT2D eigenvalue weighted by atomic mass is 127. The van der Waals surface area contributed by atoms with Gasteiger partial charge in [0.05, 0.1) is 7.11 Å². The highest BCUT2D eigenvalue weighted by Gasteiger charge is 2.19. The maximum atomic E-state index is 6.20. The normalized spacial score (nSPS) is 16.0. The van der Waals surface area contributed by atoms with Crippen molar-refractivity contribution in [1.82, 2.24) is 9.88 Å². The molecule has 0 spiro atoms. The van der Waals surface area contributed by atoms with Crippen LogP contribution in [0.1, 0.15) is 24.8 Å². The number of nitrogens with zero attached hydrogens (tertiary/aromatic N) is 4. The largest absolute Gasteiger partial charge is 0.497 e. The molecule has 1 aliphatic rings. The monoisotopic (exact) mass is 501 g/mol. The molecule has 2 heterocycles. The minimum absolute atomic E-state index is 0. The van der Waals surface area contributed by atoms with Crippen molar-refractivity contribution in [2.75, 3.05) is 44.7 Å². The van der Waals surface area contributed by atoms with Gasteiger partial charge in [-0.2, -0.15) is 0 Å². The number of halogens is 1. The molecule has 0 bridgehead atoms. The minimum atomic E-state index is 0. The predicted octanol–water partition coefficient (Wildman–Crippen LogP) is 3.40. The molecule has 0 saturated carbocycles. The van der Waals surface area contributed by atoms with Gasteiger partial charge in [-0.15, -0.1) is 35.3 Å². The number of hydrogen-bond donors (Lipinski definition) is 1. The third-order valence-corrected chi connectivity index (χ3v) is 5.65. The number of methoxy groups -OCH3 is 1. The van der Waals surface area contributed by atoms with Gasteiger partial charge in [0.2, 0.25) is 0 Å². The van der Waals surface area contributed by atoms with E-state index in [2.05, 4.69) is 38.8 Å². The summed E-state index contributed by atoms with van der Waals surface area (Å²) in [5.41, 5.74) is 7.51. The second kappa shape index (κ2) is 10.7. The zero-order chi connectivity index (χ0) is 18.4. The molecule has 8 heteroatoms. The van der Waals surface area contributed by atoms with Gasteiger partial charge in [0, 0.05) is 44.3 Å². The summed E-state index contributed by atoms with van der Waals surface area (Å²) < 4.78 is 5.21. The first kappa shape index (κ1) is 21.7. The zero-order valence-electron chi connectivity index (χ0n) is 15.9. The molecule has 1 aromatic carbocycles. The van der Waals surface area contributed by atoms with Crippen molar-refractivity contribution in [2.24, 2.45) is 10.7 Å². The molecule has 0 radical (unpaired) electrons. The average Bonchev–Trinajstić information content (AvgIpc) is 3.23. The van der Waals surface area contributed by atoms with Crippen molar-refractivity contribution < 1.29 is 4.74 Å². The summed E-state index contributed by atoms with van der Waals surface area (Å²) in [5, 5.41) is 3.11. The van der Waals surface area contributed by atoms with E-state index in [1.165, 1.54) is 5.56 Å². The average molecular weight is 501 g/mol. The number of aromatic nitrogens is 1. The number of hydrogen-bond acceptors (Lipinski definition) is 5. The molecule has 1 unspecified atom stereocenters. The summed E-state index contributed by atoms with van der Waals surface area (Å²) in [7, 11) is 1.69. The Morgan fingerprint density at radius 1 is 1.26 bits per heavy atom. The summed E-state index contributed by atoms with van der Waals surface area (Å²) in [4.78, 5) is 13.4. The van der Waals surface area contributed by atoms with Crippen LogP contribution in [0.2, 0.25) is 0 Å². The lowest BCUT2D eigenvalue weighted by Gasteiger charge is -2.35. The number of guanidine groups is 1. The molecular formula is C19H28IN5OS. The van der Waals surface area contributed by atoms with E-state index in [0.29, 0.717) is 11.9 Å². The number of piperazine rings is 1. The Balaban J connectivity index is 0.00000261. The molecule has 1 aromatic heterocycles. The number of aliphatic imine (C=N–C) groups is 1. The first-order valence-electron chi connectivity index (χ1n) is 9.00. The van der Waals surface area contributed by atoms with E-state index in [-0.39, 0.29) is 24.0 Å². The first-order chi connectivity index (χ1) is 12.7. The number of benzene rings is 1. The van der Waals surface area contributed by atoms with Gasteiger partial charge in [-0.05, 0) is 30.0 Å². The van der Waals surface area contributed by atoms with Crippen molar-refractivity contribution in [1.29, 1.82) is 0 Å². The number of rotatable bonds is 6. The van der Waals surface area contributed by atoms with Gasteiger partial charge in [0.1, 0.15) is 5.75 Å². The van der Waals surface area contributed by atoms with Crippen LogP contribution in [0.5, 0.6) is 5.75 Å². The lowest BCUT2D eigenvalue weighted by atomic mass is 9.98. The number of thiazole rings is 1. The zero-order valence-corrected chi connectivity index (χ0v) is 19.0. The molecule has 148 valence electrons. The molecule has 1 fully saturated rings. The van der Waals surface area contributed by atoms with Crippen molar-refractivity contribution >= 4 is 46.4 Å². The Morgan fingerprint density at radius 2 is 1.96 bits per heavy atom. The standard InChI is InChI=1S/C19H27N5OS.HI/c1-15(16-3-5-17(25-2)6-4-16)7-8-21-18(20)23-10-12-24(13-11-23)19-22-9-14-26-19;/h3-6,9,14-15H,7-8,10-13H2,1-2H3,(H2,20,21);1H. The third-order valence-electron chi connectivity index (χ3n) is 4.81.